The van der Waals surface area contributed by atoms with Crippen LogP contribution >= 0.6 is 11.6 Å². The summed E-state index contributed by atoms with van der Waals surface area (Å²) in [5.41, 5.74) is 0.442. The van der Waals surface area contributed by atoms with Gasteiger partial charge in [0, 0.05) is 0 Å². The fraction of sp³-hybridized carbons (Fsp3) is 0.538. The predicted octanol–water partition coefficient (Wildman–Crippen LogP) is 2.48. The quantitative estimate of drug-likeness (QED) is 0.686. The van der Waals surface area contributed by atoms with Gasteiger partial charge in [0.1, 0.15) is 5.75 Å². The highest BCUT2D eigenvalue weighted by Crippen LogP contribution is 2.27. The van der Waals surface area contributed by atoms with E-state index in [9.17, 15) is 8.42 Å². The minimum Gasteiger partial charge on any atom is -0.495 e. The Balaban J connectivity index is 2.51. The molecule has 2 N–H and O–H groups in total. The Morgan fingerprint density at radius 1 is 1.30 bits per heavy atom. The fourth-order valence-corrected chi connectivity index (χ4v) is 3.02. The van der Waals surface area contributed by atoms with Crippen LogP contribution in [0, 0.1) is 0 Å². The number of hydrogen-bond acceptors (Lipinski definition) is 4. The maximum absolute atomic E-state index is 11.9. The molecule has 1 aromatic rings. The van der Waals surface area contributed by atoms with Gasteiger partial charge in [-0.15, -0.1) is 0 Å². The molecule has 0 aromatic heterocycles. The SMILES string of the molecule is CCCNCCCS(=O)(=O)Nc1ccc(OC)c(Cl)c1. The average molecular weight is 321 g/mol. The minimum absolute atomic E-state index is 0.0767. The van der Waals surface area contributed by atoms with Gasteiger partial charge in [-0.1, -0.05) is 18.5 Å². The van der Waals surface area contributed by atoms with Crippen molar-refractivity contribution in [2.24, 2.45) is 0 Å². The molecule has 1 rings (SSSR count). The van der Waals surface area contributed by atoms with Crippen molar-refractivity contribution in [1.82, 2.24) is 5.32 Å². The summed E-state index contributed by atoms with van der Waals surface area (Å²) >= 11 is 5.95. The zero-order chi connectivity index (χ0) is 15.0. The van der Waals surface area contributed by atoms with Crippen molar-refractivity contribution in [3.63, 3.8) is 0 Å². The van der Waals surface area contributed by atoms with Crippen LogP contribution in [0.2, 0.25) is 5.02 Å². The van der Waals surface area contributed by atoms with Crippen LogP contribution in [0.1, 0.15) is 19.8 Å². The summed E-state index contributed by atoms with van der Waals surface area (Å²) in [5, 5.41) is 3.54. The van der Waals surface area contributed by atoms with Gasteiger partial charge in [0.15, 0.2) is 0 Å². The van der Waals surface area contributed by atoms with Crippen LogP contribution < -0.4 is 14.8 Å². The second kappa shape index (κ2) is 8.34. The maximum atomic E-state index is 11.9. The number of methoxy groups -OCH3 is 1. The molecule has 0 heterocycles. The monoisotopic (exact) mass is 320 g/mol. The van der Waals surface area contributed by atoms with Crippen molar-refractivity contribution in [1.29, 1.82) is 0 Å². The molecule has 1 aromatic carbocycles. The van der Waals surface area contributed by atoms with E-state index in [0.29, 0.717) is 29.4 Å². The third-order valence-corrected chi connectivity index (χ3v) is 4.29. The lowest BCUT2D eigenvalue weighted by Crippen LogP contribution is -2.22. The van der Waals surface area contributed by atoms with E-state index in [4.69, 9.17) is 16.3 Å². The van der Waals surface area contributed by atoms with Gasteiger partial charge in [0.05, 0.1) is 23.6 Å². The fourth-order valence-electron chi connectivity index (χ4n) is 1.65. The molecule has 0 aliphatic heterocycles. The normalized spacial score (nSPS) is 11.3. The van der Waals surface area contributed by atoms with E-state index in [0.717, 1.165) is 13.0 Å². The van der Waals surface area contributed by atoms with Gasteiger partial charge in [-0.25, -0.2) is 8.42 Å². The van der Waals surface area contributed by atoms with E-state index in [1.165, 1.54) is 13.2 Å². The lowest BCUT2D eigenvalue weighted by molar-refractivity contribution is 0.415. The molecule has 7 heteroatoms. The molecule has 5 nitrogen and oxygen atoms in total. The smallest absolute Gasteiger partial charge is 0.232 e. The molecule has 0 atom stereocenters. The molecule has 0 aliphatic rings. The zero-order valence-corrected chi connectivity index (χ0v) is 13.4. The second-order valence-electron chi connectivity index (χ2n) is 4.37. The van der Waals surface area contributed by atoms with Crippen molar-refractivity contribution in [3.05, 3.63) is 23.2 Å². The van der Waals surface area contributed by atoms with E-state index < -0.39 is 10.0 Å². The van der Waals surface area contributed by atoms with Gasteiger partial charge in [0.2, 0.25) is 10.0 Å². The first-order valence-corrected chi connectivity index (χ1v) is 8.56. The van der Waals surface area contributed by atoms with E-state index in [-0.39, 0.29) is 5.75 Å². The molecule has 0 spiro atoms. The highest BCUT2D eigenvalue weighted by molar-refractivity contribution is 7.92. The number of hydrogen-bond donors (Lipinski definition) is 2. The molecule has 0 bridgehead atoms. The van der Waals surface area contributed by atoms with E-state index in [1.54, 1.807) is 12.1 Å². The number of sulfonamides is 1. The maximum Gasteiger partial charge on any atom is 0.232 e. The first kappa shape index (κ1) is 17.1. The number of halogens is 1. The first-order valence-electron chi connectivity index (χ1n) is 6.53. The Hall–Kier alpha value is -0.980. The van der Waals surface area contributed by atoms with Gasteiger partial charge in [-0.2, -0.15) is 0 Å². The van der Waals surface area contributed by atoms with Gasteiger partial charge in [0.25, 0.3) is 0 Å². The average Bonchev–Trinajstić information content (AvgIpc) is 2.38. The molecule has 0 saturated heterocycles. The van der Waals surface area contributed by atoms with Gasteiger partial charge in [-0.05, 0) is 44.1 Å². The highest BCUT2D eigenvalue weighted by Gasteiger charge is 2.11. The molecule has 0 saturated carbocycles. The Bertz CT molecular complexity index is 520. The highest BCUT2D eigenvalue weighted by atomic mass is 35.5. The van der Waals surface area contributed by atoms with E-state index in [2.05, 4.69) is 17.0 Å². The summed E-state index contributed by atoms with van der Waals surface area (Å²) in [6.45, 7) is 3.67. The summed E-state index contributed by atoms with van der Waals surface area (Å²) in [6, 6.07) is 4.79. The number of nitrogens with one attached hydrogen (secondary N) is 2. The molecule has 0 amide bonds. The number of rotatable bonds is 9. The van der Waals surface area contributed by atoms with Crippen molar-refractivity contribution >= 4 is 27.3 Å². The van der Waals surface area contributed by atoms with Crippen LogP contribution in [0.25, 0.3) is 0 Å². The molecule has 0 fully saturated rings. The summed E-state index contributed by atoms with van der Waals surface area (Å²) < 4.78 is 31.3. The summed E-state index contributed by atoms with van der Waals surface area (Å²) in [6.07, 6.45) is 1.61. The Kier molecular flexibility index (Phi) is 7.12. The lowest BCUT2D eigenvalue weighted by Gasteiger charge is -2.10. The Morgan fingerprint density at radius 2 is 2.05 bits per heavy atom. The first-order chi connectivity index (χ1) is 9.48. The topological polar surface area (TPSA) is 67.4 Å². The third-order valence-electron chi connectivity index (χ3n) is 2.62. The number of benzene rings is 1. The van der Waals surface area contributed by atoms with Crippen LogP contribution in [0.15, 0.2) is 18.2 Å². The minimum atomic E-state index is -3.35. The predicted molar refractivity (Wildman–Crippen MR) is 83.2 cm³/mol. The molecule has 20 heavy (non-hydrogen) atoms. The van der Waals surface area contributed by atoms with E-state index in [1.807, 2.05) is 0 Å². The summed E-state index contributed by atoms with van der Waals surface area (Å²) in [7, 11) is -1.84. The Labute approximate surface area is 125 Å². The summed E-state index contributed by atoms with van der Waals surface area (Å²) in [5.74, 6) is 0.589. The third kappa shape index (κ3) is 5.98. The Morgan fingerprint density at radius 3 is 2.65 bits per heavy atom. The lowest BCUT2D eigenvalue weighted by atomic mass is 10.3. The van der Waals surface area contributed by atoms with Crippen LogP contribution in [-0.2, 0) is 10.0 Å². The largest absolute Gasteiger partial charge is 0.495 e. The van der Waals surface area contributed by atoms with Crippen LogP contribution in [-0.4, -0.2) is 34.4 Å². The molecule has 114 valence electrons. The van der Waals surface area contributed by atoms with Crippen molar-refractivity contribution < 1.29 is 13.2 Å². The van der Waals surface area contributed by atoms with Gasteiger partial charge >= 0.3 is 0 Å². The van der Waals surface area contributed by atoms with Crippen molar-refractivity contribution in [2.75, 3.05) is 30.7 Å². The van der Waals surface area contributed by atoms with Crippen LogP contribution in [0.3, 0.4) is 0 Å². The van der Waals surface area contributed by atoms with Crippen molar-refractivity contribution in [2.45, 2.75) is 19.8 Å². The van der Waals surface area contributed by atoms with E-state index >= 15 is 0 Å². The molecule has 0 unspecified atom stereocenters. The second-order valence-corrected chi connectivity index (χ2v) is 6.62. The van der Waals surface area contributed by atoms with Gasteiger partial charge < -0.3 is 10.1 Å². The van der Waals surface area contributed by atoms with Crippen LogP contribution in [0.4, 0.5) is 5.69 Å². The molecular weight excluding hydrogens is 300 g/mol. The van der Waals surface area contributed by atoms with Crippen LogP contribution in [0.5, 0.6) is 5.75 Å². The van der Waals surface area contributed by atoms with Gasteiger partial charge in [-0.3, -0.25) is 4.72 Å². The molecular formula is C13H21ClN2O3S. The molecule has 0 radical (unpaired) electrons. The molecule has 0 aliphatic carbocycles. The number of ether oxygens (including phenoxy) is 1. The summed E-state index contributed by atoms with van der Waals surface area (Å²) in [4.78, 5) is 0. The standard InChI is InChI=1S/C13H21ClN2O3S/c1-3-7-15-8-4-9-20(17,18)16-11-5-6-13(19-2)12(14)10-11/h5-6,10,15-16H,3-4,7-9H2,1-2H3. The zero-order valence-electron chi connectivity index (χ0n) is 11.8. The van der Waals surface area contributed by atoms with Crippen molar-refractivity contribution in [3.8, 4) is 5.75 Å². The number of anilines is 1.